The molecular weight excluding hydrogens is 609 g/mol. The summed E-state index contributed by atoms with van der Waals surface area (Å²) in [5.41, 5.74) is 6.78. The van der Waals surface area contributed by atoms with Crippen molar-refractivity contribution < 1.29 is 9.53 Å². The van der Waals surface area contributed by atoms with Crippen LogP contribution in [0.2, 0.25) is 0 Å². The highest BCUT2D eigenvalue weighted by Gasteiger charge is 2.63. The van der Waals surface area contributed by atoms with E-state index in [1.54, 1.807) is 11.6 Å². The Morgan fingerprint density at radius 3 is 2.44 bits per heavy atom. The minimum absolute atomic E-state index is 0.162. The maximum atomic E-state index is 12.8. The van der Waals surface area contributed by atoms with E-state index in [9.17, 15) is 4.79 Å². The number of hydrogen-bond acceptors (Lipinski definition) is 2. The smallest absolute Gasteiger partial charge is 0.331 e. The lowest BCUT2D eigenvalue weighted by molar-refractivity contribution is -0.139. The van der Waals surface area contributed by atoms with Crippen molar-refractivity contribution in [1.29, 1.82) is 0 Å². The highest BCUT2D eigenvalue weighted by Crippen LogP contribution is 2.71. The highest BCUT2D eigenvalue weighted by molar-refractivity contribution is 5.83. The Morgan fingerprint density at radius 1 is 0.940 bits per heavy atom. The summed E-state index contributed by atoms with van der Waals surface area (Å²) in [7, 11) is 0. The molecule has 0 heterocycles. The summed E-state index contributed by atoms with van der Waals surface area (Å²) in [6.07, 6.45) is 35.9. The van der Waals surface area contributed by atoms with Gasteiger partial charge in [-0.1, -0.05) is 127 Å². The first-order chi connectivity index (χ1) is 23.6. The van der Waals surface area contributed by atoms with Crippen molar-refractivity contribution in [1.82, 2.24) is 0 Å². The average Bonchev–Trinajstić information content (AvgIpc) is 3.33. The van der Waals surface area contributed by atoms with Crippen LogP contribution in [0.1, 0.15) is 159 Å². The minimum atomic E-state index is -0.208. The van der Waals surface area contributed by atoms with E-state index in [2.05, 4.69) is 92.7 Å². The molecule has 0 amide bonds. The van der Waals surface area contributed by atoms with Gasteiger partial charge in [0.1, 0.15) is 0 Å². The van der Waals surface area contributed by atoms with Crippen molar-refractivity contribution in [2.75, 3.05) is 6.61 Å². The number of rotatable bonds is 12. The standard InChI is InChI=1S/C48H74O2/c1-34(2)14-11-18-38(6)47(9)28-24-43-41-20-19-40-31-39(22-27-46(40,8)42(41)23-29-48(43,47)10)33-50-44(49)30-36(4)16-12-15-35(3)21-26-45(7)25-13-17-37(5)32-45/h12,15-16,19,21,26,30,32,34,38-39,41-43H,11,13-14,17-18,20,22-25,27-29,31,33H2,1-10H3/t38-,39+,41?,42?,43?,45?,46+,47+,48+/m1/s1. The highest BCUT2D eigenvalue weighted by atomic mass is 16.5. The molecule has 3 fully saturated rings. The van der Waals surface area contributed by atoms with E-state index in [0.717, 1.165) is 41.6 Å². The van der Waals surface area contributed by atoms with Crippen molar-refractivity contribution in [3.05, 3.63) is 70.9 Å². The molecule has 2 nitrogen and oxygen atoms in total. The summed E-state index contributed by atoms with van der Waals surface area (Å²) in [6, 6.07) is 0. The van der Waals surface area contributed by atoms with Gasteiger partial charge in [0.15, 0.2) is 0 Å². The molecule has 5 aliphatic rings. The van der Waals surface area contributed by atoms with Crippen LogP contribution in [0, 0.1) is 57.2 Å². The molecule has 5 aliphatic carbocycles. The molecule has 3 saturated carbocycles. The van der Waals surface area contributed by atoms with Gasteiger partial charge in [0.25, 0.3) is 0 Å². The lowest BCUT2D eigenvalue weighted by Gasteiger charge is -2.60. The quantitative estimate of drug-likeness (QED) is 0.0886. The molecule has 0 aromatic heterocycles. The SMILES string of the molecule is CC(C=CC1(C)C=C(C)CCC1)=CC=CC(C)=CC(=O)OC[C@H]1CC[C@@]2(C)C(=CCC3C2CC[C@@]2(C)C3CC[C@@]2(C)[C@H](C)CCCC(C)C)C1. The summed E-state index contributed by atoms with van der Waals surface area (Å²) < 4.78 is 5.87. The molecule has 0 radical (unpaired) electrons. The second-order valence-electron chi connectivity index (χ2n) is 19.5. The van der Waals surface area contributed by atoms with Crippen LogP contribution in [-0.4, -0.2) is 12.6 Å². The summed E-state index contributed by atoms with van der Waals surface area (Å²) in [6.45, 7) is 24.6. The zero-order valence-corrected chi connectivity index (χ0v) is 34.0. The molecular formula is C48H74O2. The predicted octanol–water partition coefficient (Wildman–Crippen LogP) is 13.7. The first-order valence-electron chi connectivity index (χ1n) is 20.9. The number of hydrogen-bond donors (Lipinski definition) is 0. The van der Waals surface area contributed by atoms with Crippen LogP contribution in [-0.2, 0) is 9.53 Å². The fourth-order valence-corrected chi connectivity index (χ4v) is 11.9. The van der Waals surface area contributed by atoms with E-state index in [1.165, 1.54) is 94.6 Å². The second kappa shape index (κ2) is 15.9. The number of carbonyl (C=O) groups is 1. The van der Waals surface area contributed by atoms with Crippen LogP contribution >= 0.6 is 0 Å². The Balaban J connectivity index is 1.12. The van der Waals surface area contributed by atoms with Crippen molar-refractivity contribution in [2.24, 2.45) is 57.2 Å². The van der Waals surface area contributed by atoms with Gasteiger partial charge < -0.3 is 4.74 Å². The molecule has 50 heavy (non-hydrogen) atoms. The van der Waals surface area contributed by atoms with Crippen molar-refractivity contribution in [2.45, 2.75) is 159 Å². The predicted molar refractivity (Wildman–Crippen MR) is 214 cm³/mol. The van der Waals surface area contributed by atoms with Gasteiger partial charge in [0.05, 0.1) is 6.61 Å². The van der Waals surface area contributed by atoms with Crippen molar-refractivity contribution in [3.8, 4) is 0 Å². The van der Waals surface area contributed by atoms with E-state index in [0.29, 0.717) is 28.8 Å². The van der Waals surface area contributed by atoms with Gasteiger partial charge in [-0.3, -0.25) is 0 Å². The van der Waals surface area contributed by atoms with E-state index in [1.807, 2.05) is 19.1 Å². The van der Waals surface area contributed by atoms with Gasteiger partial charge in [-0.05, 0) is 149 Å². The Labute approximate surface area is 308 Å². The molecule has 4 unspecified atom stereocenters. The third-order valence-corrected chi connectivity index (χ3v) is 15.5. The molecule has 5 rings (SSSR count). The van der Waals surface area contributed by atoms with Crippen LogP contribution in [0.3, 0.4) is 0 Å². The molecule has 2 heteroatoms. The zero-order chi connectivity index (χ0) is 36.3. The summed E-state index contributed by atoms with van der Waals surface area (Å²) in [5.74, 6) is 4.41. The lowest BCUT2D eigenvalue weighted by atomic mass is 9.44. The molecule has 0 aromatic carbocycles. The fourth-order valence-electron chi connectivity index (χ4n) is 11.9. The van der Waals surface area contributed by atoms with Crippen molar-refractivity contribution in [3.63, 3.8) is 0 Å². The first-order valence-corrected chi connectivity index (χ1v) is 20.9. The van der Waals surface area contributed by atoms with Gasteiger partial charge in [-0.2, -0.15) is 0 Å². The Bertz CT molecular complexity index is 1400. The van der Waals surface area contributed by atoms with Gasteiger partial charge in [0.2, 0.25) is 0 Å². The molecule has 0 bridgehead atoms. The van der Waals surface area contributed by atoms with Crippen LogP contribution < -0.4 is 0 Å². The van der Waals surface area contributed by atoms with E-state index in [4.69, 9.17) is 4.74 Å². The molecule has 0 spiro atoms. The maximum absolute atomic E-state index is 12.8. The first kappa shape index (κ1) is 39.1. The minimum Gasteiger partial charge on any atom is -0.462 e. The molecule has 0 N–H and O–H groups in total. The van der Waals surface area contributed by atoms with E-state index >= 15 is 0 Å². The third kappa shape index (κ3) is 8.41. The normalized spacial score (nSPS) is 38.5. The number of ether oxygens (including phenoxy) is 1. The van der Waals surface area contributed by atoms with Crippen LogP contribution in [0.25, 0.3) is 0 Å². The molecule has 0 aliphatic heterocycles. The van der Waals surface area contributed by atoms with E-state index < -0.39 is 0 Å². The molecule has 0 aromatic rings. The molecule has 0 saturated heterocycles. The second-order valence-corrected chi connectivity index (χ2v) is 19.5. The van der Waals surface area contributed by atoms with Gasteiger partial charge in [0, 0.05) is 11.5 Å². The monoisotopic (exact) mass is 683 g/mol. The largest absolute Gasteiger partial charge is 0.462 e. The Morgan fingerprint density at radius 2 is 1.70 bits per heavy atom. The lowest BCUT2D eigenvalue weighted by Crippen LogP contribution is -2.53. The topological polar surface area (TPSA) is 26.3 Å². The Hall–Kier alpha value is -2.09. The third-order valence-electron chi connectivity index (χ3n) is 15.5. The Kier molecular flexibility index (Phi) is 12.4. The number of allylic oxidation sites excluding steroid dienone is 11. The maximum Gasteiger partial charge on any atom is 0.331 e. The number of fused-ring (bicyclic) bond motifs is 5. The van der Waals surface area contributed by atoms with Gasteiger partial charge in [-0.15, -0.1) is 0 Å². The number of carbonyl (C=O) groups excluding carboxylic acids is 1. The van der Waals surface area contributed by atoms with Crippen molar-refractivity contribution >= 4 is 5.97 Å². The van der Waals surface area contributed by atoms with E-state index in [-0.39, 0.29) is 11.4 Å². The summed E-state index contributed by atoms with van der Waals surface area (Å²) in [5, 5.41) is 0. The fraction of sp³-hybridized carbons (Fsp3) is 0.729. The zero-order valence-electron chi connectivity index (χ0n) is 34.0. The summed E-state index contributed by atoms with van der Waals surface area (Å²) >= 11 is 0. The van der Waals surface area contributed by atoms with Gasteiger partial charge in [-0.25, -0.2) is 4.79 Å². The van der Waals surface area contributed by atoms with Crippen LogP contribution in [0.5, 0.6) is 0 Å². The molecule has 278 valence electrons. The average molecular weight is 683 g/mol. The number of esters is 1. The molecule has 9 atom stereocenters. The summed E-state index contributed by atoms with van der Waals surface area (Å²) in [4.78, 5) is 12.8. The van der Waals surface area contributed by atoms with Gasteiger partial charge >= 0.3 is 5.97 Å². The van der Waals surface area contributed by atoms with Crippen LogP contribution in [0.15, 0.2) is 70.9 Å². The van der Waals surface area contributed by atoms with Crippen LogP contribution in [0.4, 0.5) is 0 Å².